The molecule has 0 bridgehead atoms. The lowest BCUT2D eigenvalue weighted by Gasteiger charge is -2.15. The van der Waals surface area contributed by atoms with Crippen LogP contribution >= 0.6 is 0 Å². The largest absolute Gasteiger partial charge is 0.469 e. The fourth-order valence-corrected chi connectivity index (χ4v) is 2.14. The third kappa shape index (κ3) is 4.18. The number of rotatable bonds is 6. The Bertz CT molecular complexity index is 679. The van der Waals surface area contributed by atoms with Crippen molar-refractivity contribution in [3.05, 3.63) is 41.8 Å². The van der Waals surface area contributed by atoms with Gasteiger partial charge in [-0.05, 0) is 25.5 Å². The normalized spacial score (nSPS) is 10.4. The van der Waals surface area contributed by atoms with Gasteiger partial charge in [0.1, 0.15) is 5.76 Å². The average molecular weight is 316 g/mol. The van der Waals surface area contributed by atoms with Crippen molar-refractivity contribution < 1.29 is 18.7 Å². The quantitative estimate of drug-likeness (QED) is 0.766. The summed E-state index contributed by atoms with van der Waals surface area (Å²) in [5.74, 6) is 0.399. The minimum absolute atomic E-state index is 0.224. The molecule has 6 heteroatoms. The van der Waals surface area contributed by atoms with Crippen molar-refractivity contribution in [2.24, 2.45) is 0 Å². The second-order valence-electron chi connectivity index (χ2n) is 5.20. The molecule has 0 unspecified atom stereocenters. The summed E-state index contributed by atoms with van der Waals surface area (Å²) in [6, 6.07) is 9.42. The molecule has 122 valence electrons. The highest BCUT2D eigenvalue weighted by Crippen LogP contribution is 2.22. The summed E-state index contributed by atoms with van der Waals surface area (Å²) in [4.78, 5) is 29.4. The van der Waals surface area contributed by atoms with Crippen LogP contribution in [-0.4, -0.2) is 42.5 Å². The van der Waals surface area contributed by atoms with Crippen molar-refractivity contribution in [1.82, 2.24) is 9.88 Å². The molecular weight excluding hydrogens is 296 g/mol. The number of hydrogen-bond acceptors (Lipinski definition) is 5. The lowest BCUT2D eigenvalue weighted by molar-refractivity contribution is -0.140. The van der Waals surface area contributed by atoms with E-state index in [0.29, 0.717) is 30.3 Å². The van der Waals surface area contributed by atoms with Gasteiger partial charge in [-0.3, -0.25) is 9.59 Å². The number of carbonyl (C=O) groups is 2. The first-order valence-electron chi connectivity index (χ1n) is 7.38. The molecule has 0 atom stereocenters. The maximum Gasteiger partial charge on any atom is 0.305 e. The van der Waals surface area contributed by atoms with Gasteiger partial charge in [-0.15, -0.1) is 0 Å². The van der Waals surface area contributed by atoms with Crippen LogP contribution in [0.3, 0.4) is 0 Å². The maximum absolute atomic E-state index is 12.4. The Kier molecular flexibility index (Phi) is 5.51. The summed E-state index contributed by atoms with van der Waals surface area (Å²) in [7, 11) is 3.02. The second-order valence-corrected chi connectivity index (χ2v) is 5.20. The zero-order valence-corrected chi connectivity index (χ0v) is 13.5. The Labute approximate surface area is 135 Å². The molecule has 0 aliphatic carbocycles. The van der Waals surface area contributed by atoms with Gasteiger partial charge in [0.15, 0.2) is 5.69 Å². The molecule has 0 saturated carbocycles. The Morgan fingerprint density at radius 1 is 1.26 bits per heavy atom. The highest BCUT2D eigenvalue weighted by molar-refractivity contribution is 5.93. The van der Waals surface area contributed by atoms with Gasteiger partial charge in [-0.1, -0.05) is 18.2 Å². The minimum atomic E-state index is -0.283. The van der Waals surface area contributed by atoms with E-state index >= 15 is 0 Å². The highest BCUT2D eigenvalue weighted by atomic mass is 16.5. The van der Waals surface area contributed by atoms with Crippen molar-refractivity contribution in [3.8, 4) is 11.5 Å². The third-order valence-electron chi connectivity index (χ3n) is 3.47. The zero-order chi connectivity index (χ0) is 16.8. The summed E-state index contributed by atoms with van der Waals surface area (Å²) in [5.41, 5.74) is 1.12. The number of ether oxygens (including phenoxy) is 1. The number of oxazole rings is 1. The number of methoxy groups -OCH3 is 1. The van der Waals surface area contributed by atoms with Crippen LogP contribution in [0.1, 0.15) is 29.1 Å². The van der Waals surface area contributed by atoms with Gasteiger partial charge < -0.3 is 14.1 Å². The SMILES string of the molecule is COC(=O)CCCN(C)C(=O)c1nc(-c2ccccc2)oc1C. The number of esters is 1. The molecule has 0 aliphatic rings. The van der Waals surface area contributed by atoms with Gasteiger partial charge in [-0.25, -0.2) is 4.98 Å². The Balaban J connectivity index is 2.05. The summed E-state index contributed by atoms with van der Waals surface area (Å²) < 4.78 is 10.2. The number of amides is 1. The topological polar surface area (TPSA) is 72.6 Å². The number of aryl methyl sites for hydroxylation is 1. The minimum Gasteiger partial charge on any atom is -0.469 e. The standard InChI is InChI=1S/C17H20N2O4/c1-12-15(17(21)19(2)11-7-10-14(20)22-3)18-16(23-12)13-8-5-4-6-9-13/h4-6,8-9H,7,10-11H2,1-3H3. The number of nitrogens with zero attached hydrogens (tertiary/aromatic N) is 2. The van der Waals surface area contributed by atoms with Gasteiger partial charge in [0, 0.05) is 25.6 Å². The number of benzene rings is 1. The Morgan fingerprint density at radius 2 is 1.96 bits per heavy atom. The zero-order valence-electron chi connectivity index (χ0n) is 13.5. The summed E-state index contributed by atoms with van der Waals surface area (Å²) in [6.07, 6.45) is 0.818. The lowest BCUT2D eigenvalue weighted by atomic mass is 10.2. The molecule has 0 radical (unpaired) electrons. The molecule has 0 N–H and O–H groups in total. The average Bonchev–Trinajstić information content (AvgIpc) is 2.96. The van der Waals surface area contributed by atoms with E-state index in [2.05, 4.69) is 9.72 Å². The fraction of sp³-hybridized carbons (Fsp3) is 0.353. The van der Waals surface area contributed by atoms with Crippen LogP contribution in [0.15, 0.2) is 34.7 Å². The van der Waals surface area contributed by atoms with Gasteiger partial charge >= 0.3 is 5.97 Å². The van der Waals surface area contributed by atoms with E-state index in [4.69, 9.17) is 4.42 Å². The Morgan fingerprint density at radius 3 is 2.61 bits per heavy atom. The molecule has 1 aromatic carbocycles. The first kappa shape index (κ1) is 16.7. The van der Waals surface area contributed by atoms with Crippen molar-refractivity contribution in [1.29, 1.82) is 0 Å². The molecule has 2 aromatic rings. The third-order valence-corrected chi connectivity index (χ3v) is 3.47. The molecule has 0 aliphatic heterocycles. The molecule has 1 heterocycles. The van der Waals surface area contributed by atoms with E-state index in [1.807, 2.05) is 30.3 Å². The monoisotopic (exact) mass is 316 g/mol. The lowest BCUT2D eigenvalue weighted by Crippen LogP contribution is -2.29. The predicted molar refractivity (Wildman–Crippen MR) is 84.9 cm³/mol. The van der Waals surface area contributed by atoms with E-state index in [1.165, 1.54) is 12.0 Å². The predicted octanol–water partition coefficient (Wildman–Crippen LogP) is 2.68. The summed E-state index contributed by atoms with van der Waals surface area (Å²) in [6.45, 7) is 2.16. The van der Waals surface area contributed by atoms with Crippen molar-refractivity contribution >= 4 is 11.9 Å². The fourth-order valence-electron chi connectivity index (χ4n) is 2.14. The highest BCUT2D eigenvalue weighted by Gasteiger charge is 2.21. The molecule has 2 rings (SSSR count). The molecule has 0 saturated heterocycles. The van der Waals surface area contributed by atoms with E-state index in [0.717, 1.165) is 5.56 Å². The van der Waals surface area contributed by atoms with Crippen LogP contribution in [0, 0.1) is 6.92 Å². The van der Waals surface area contributed by atoms with Crippen molar-refractivity contribution in [2.45, 2.75) is 19.8 Å². The van der Waals surface area contributed by atoms with Crippen LogP contribution in [0.2, 0.25) is 0 Å². The molecular formula is C17H20N2O4. The molecule has 23 heavy (non-hydrogen) atoms. The van der Waals surface area contributed by atoms with Gasteiger partial charge in [0.25, 0.3) is 5.91 Å². The van der Waals surface area contributed by atoms with Crippen LogP contribution in [0.5, 0.6) is 0 Å². The van der Waals surface area contributed by atoms with E-state index in [1.54, 1.807) is 14.0 Å². The van der Waals surface area contributed by atoms with E-state index in [-0.39, 0.29) is 18.3 Å². The van der Waals surface area contributed by atoms with Crippen LogP contribution < -0.4 is 0 Å². The maximum atomic E-state index is 12.4. The van der Waals surface area contributed by atoms with Crippen molar-refractivity contribution in [2.75, 3.05) is 20.7 Å². The number of hydrogen-bond donors (Lipinski definition) is 0. The molecule has 1 amide bonds. The molecule has 1 aromatic heterocycles. The molecule has 0 fully saturated rings. The van der Waals surface area contributed by atoms with E-state index < -0.39 is 0 Å². The van der Waals surface area contributed by atoms with E-state index in [9.17, 15) is 9.59 Å². The summed E-state index contributed by atoms with van der Waals surface area (Å²) >= 11 is 0. The first-order chi connectivity index (χ1) is 11.0. The van der Waals surface area contributed by atoms with Crippen LogP contribution in [0.4, 0.5) is 0 Å². The van der Waals surface area contributed by atoms with Crippen molar-refractivity contribution in [3.63, 3.8) is 0 Å². The smallest absolute Gasteiger partial charge is 0.305 e. The van der Waals surface area contributed by atoms with Gasteiger partial charge in [0.05, 0.1) is 7.11 Å². The van der Waals surface area contributed by atoms with Gasteiger partial charge in [-0.2, -0.15) is 0 Å². The number of carbonyl (C=O) groups excluding carboxylic acids is 2. The molecule has 6 nitrogen and oxygen atoms in total. The van der Waals surface area contributed by atoms with Gasteiger partial charge in [0.2, 0.25) is 5.89 Å². The van der Waals surface area contributed by atoms with Crippen LogP contribution in [-0.2, 0) is 9.53 Å². The Hall–Kier alpha value is -2.63. The molecule has 0 spiro atoms. The summed E-state index contributed by atoms with van der Waals surface area (Å²) in [5, 5.41) is 0. The second kappa shape index (κ2) is 7.58. The van der Waals surface area contributed by atoms with Crippen LogP contribution in [0.25, 0.3) is 11.5 Å². The first-order valence-corrected chi connectivity index (χ1v) is 7.38. The number of aromatic nitrogens is 1.